The summed E-state index contributed by atoms with van der Waals surface area (Å²) in [5.41, 5.74) is 4.50. The molecule has 1 aliphatic rings. The van der Waals surface area contributed by atoms with Crippen LogP contribution in [0.5, 0.6) is 0 Å². The first-order valence-corrected chi connectivity index (χ1v) is 9.97. The summed E-state index contributed by atoms with van der Waals surface area (Å²) in [5.74, 6) is -0.720. The highest BCUT2D eigenvalue weighted by Crippen LogP contribution is 2.30. The van der Waals surface area contributed by atoms with Gasteiger partial charge in [0.15, 0.2) is 0 Å². The minimum absolute atomic E-state index is 0.0923. The van der Waals surface area contributed by atoms with E-state index in [9.17, 15) is 9.59 Å². The number of nitrogens with zero attached hydrogens (tertiary/aromatic N) is 4. The van der Waals surface area contributed by atoms with Crippen LogP contribution in [0.1, 0.15) is 42.5 Å². The third kappa shape index (κ3) is 4.13. The molecule has 0 radical (unpaired) electrons. The van der Waals surface area contributed by atoms with E-state index in [1.54, 1.807) is 12.4 Å². The summed E-state index contributed by atoms with van der Waals surface area (Å²) in [5, 5.41) is 9.91. The van der Waals surface area contributed by atoms with Crippen LogP contribution in [0.15, 0.2) is 42.9 Å². The molecule has 7 nitrogen and oxygen atoms in total. The Morgan fingerprint density at radius 1 is 1.07 bits per heavy atom. The van der Waals surface area contributed by atoms with Crippen LogP contribution >= 0.6 is 0 Å². The van der Waals surface area contributed by atoms with E-state index in [1.165, 1.54) is 5.56 Å². The molecule has 0 atom stereocenters. The fourth-order valence-corrected chi connectivity index (χ4v) is 4.02. The second-order valence-corrected chi connectivity index (χ2v) is 7.41. The molecule has 4 rings (SSSR count). The van der Waals surface area contributed by atoms with Crippen molar-refractivity contribution in [1.82, 2.24) is 19.4 Å². The van der Waals surface area contributed by atoms with Crippen LogP contribution in [0.2, 0.25) is 0 Å². The lowest BCUT2D eigenvalue weighted by atomic mass is 10.0. The monoisotopic (exact) mass is 392 g/mol. The van der Waals surface area contributed by atoms with E-state index >= 15 is 0 Å². The molecule has 1 amide bonds. The molecule has 0 unspecified atom stereocenters. The van der Waals surface area contributed by atoms with Gasteiger partial charge in [-0.3, -0.25) is 14.6 Å². The van der Waals surface area contributed by atoms with E-state index in [1.807, 2.05) is 29.3 Å². The molecule has 0 saturated carbocycles. The third-order valence-corrected chi connectivity index (χ3v) is 5.49. The predicted molar refractivity (Wildman–Crippen MR) is 108 cm³/mol. The summed E-state index contributed by atoms with van der Waals surface area (Å²) in [7, 11) is 0. The molecule has 0 fully saturated rings. The first-order valence-electron chi connectivity index (χ1n) is 9.97. The number of hydrogen-bond acceptors (Lipinski definition) is 4. The van der Waals surface area contributed by atoms with Crippen LogP contribution in [0.4, 0.5) is 0 Å². The van der Waals surface area contributed by atoms with Gasteiger partial charge in [-0.2, -0.15) is 0 Å². The van der Waals surface area contributed by atoms with Gasteiger partial charge in [0, 0.05) is 55.6 Å². The lowest BCUT2D eigenvalue weighted by Crippen LogP contribution is -2.36. The van der Waals surface area contributed by atoms with Crippen molar-refractivity contribution in [1.29, 1.82) is 0 Å². The lowest BCUT2D eigenvalue weighted by Gasteiger charge is -2.28. The van der Waals surface area contributed by atoms with Crippen molar-refractivity contribution in [3.63, 3.8) is 0 Å². The van der Waals surface area contributed by atoms with Crippen molar-refractivity contribution in [3.05, 3.63) is 59.7 Å². The molecule has 1 aliphatic heterocycles. The van der Waals surface area contributed by atoms with E-state index < -0.39 is 5.97 Å². The van der Waals surface area contributed by atoms with Gasteiger partial charge in [-0.1, -0.05) is 0 Å². The van der Waals surface area contributed by atoms with E-state index in [0.717, 1.165) is 28.7 Å². The van der Waals surface area contributed by atoms with Gasteiger partial charge < -0.3 is 14.6 Å². The first kappa shape index (κ1) is 19.1. The van der Waals surface area contributed by atoms with Crippen LogP contribution in [0.3, 0.4) is 0 Å². The second-order valence-electron chi connectivity index (χ2n) is 7.41. The maximum absolute atomic E-state index is 12.7. The highest BCUT2D eigenvalue weighted by molar-refractivity contribution is 5.84. The van der Waals surface area contributed by atoms with E-state index in [0.29, 0.717) is 38.9 Å². The molecule has 0 aromatic carbocycles. The quantitative estimate of drug-likeness (QED) is 0.625. The van der Waals surface area contributed by atoms with Crippen LogP contribution < -0.4 is 0 Å². The Hall–Kier alpha value is -3.22. The molecule has 0 aliphatic carbocycles. The van der Waals surface area contributed by atoms with Crippen molar-refractivity contribution >= 4 is 22.9 Å². The molecule has 4 heterocycles. The zero-order chi connectivity index (χ0) is 20.2. The normalized spacial score (nSPS) is 13.4. The Labute approximate surface area is 169 Å². The number of amides is 1. The standard InChI is InChI=1S/C22H24N4O3/c27-20(5-1-2-6-21(28)29)25-13-9-17-18-4-3-10-24-22(18)26(19(17)15-25)14-16-7-11-23-12-8-16/h3-4,7-8,10-12H,1-2,5-6,9,13-15H2,(H,28,29). The maximum Gasteiger partial charge on any atom is 0.303 e. The Balaban J connectivity index is 1.56. The number of hydrogen-bond donors (Lipinski definition) is 1. The van der Waals surface area contributed by atoms with Crippen molar-refractivity contribution in [2.24, 2.45) is 0 Å². The summed E-state index contributed by atoms with van der Waals surface area (Å²) in [6.45, 7) is 1.94. The minimum atomic E-state index is -0.812. The first-order chi connectivity index (χ1) is 14.1. The summed E-state index contributed by atoms with van der Waals surface area (Å²) < 4.78 is 2.21. The summed E-state index contributed by atoms with van der Waals surface area (Å²) >= 11 is 0. The molecule has 29 heavy (non-hydrogen) atoms. The number of carboxylic acid groups (broad SMARTS) is 1. The molecule has 0 spiro atoms. The molecule has 1 N–H and O–H groups in total. The predicted octanol–water partition coefficient (Wildman–Crippen LogP) is 3.01. The highest BCUT2D eigenvalue weighted by Gasteiger charge is 2.26. The van der Waals surface area contributed by atoms with E-state index in [4.69, 9.17) is 5.11 Å². The Bertz CT molecular complexity index is 1030. The van der Waals surface area contributed by atoms with E-state index in [-0.39, 0.29) is 12.3 Å². The van der Waals surface area contributed by atoms with Crippen LogP contribution in [0.25, 0.3) is 11.0 Å². The van der Waals surface area contributed by atoms with Crippen LogP contribution in [-0.4, -0.2) is 43.0 Å². The smallest absolute Gasteiger partial charge is 0.303 e. The molecule has 3 aromatic rings. The third-order valence-electron chi connectivity index (χ3n) is 5.49. The largest absolute Gasteiger partial charge is 0.481 e. The number of pyridine rings is 2. The van der Waals surface area contributed by atoms with Gasteiger partial charge >= 0.3 is 5.97 Å². The second kappa shape index (κ2) is 8.43. The Morgan fingerprint density at radius 2 is 1.86 bits per heavy atom. The van der Waals surface area contributed by atoms with Crippen molar-refractivity contribution in [2.45, 2.75) is 45.2 Å². The average Bonchev–Trinajstić information content (AvgIpc) is 3.05. The zero-order valence-electron chi connectivity index (χ0n) is 16.3. The molecule has 0 saturated heterocycles. The molecular formula is C22H24N4O3. The van der Waals surface area contributed by atoms with Gasteiger partial charge in [-0.15, -0.1) is 0 Å². The van der Waals surface area contributed by atoms with Crippen molar-refractivity contribution in [3.8, 4) is 0 Å². The summed E-state index contributed by atoms with van der Waals surface area (Å²) in [4.78, 5) is 33.9. The number of unbranched alkanes of at least 4 members (excludes halogenated alkanes) is 1. The lowest BCUT2D eigenvalue weighted by molar-refractivity contribution is -0.137. The van der Waals surface area contributed by atoms with Crippen molar-refractivity contribution < 1.29 is 14.7 Å². The Morgan fingerprint density at radius 3 is 2.66 bits per heavy atom. The van der Waals surface area contributed by atoms with Crippen LogP contribution in [-0.2, 0) is 29.1 Å². The number of aromatic nitrogens is 3. The minimum Gasteiger partial charge on any atom is -0.481 e. The fourth-order valence-electron chi connectivity index (χ4n) is 4.02. The van der Waals surface area contributed by atoms with Gasteiger partial charge in [0.25, 0.3) is 0 Å². The topological polar surface area (TPSA) is 88.3 Å². The number of fused-ring (bicyclic) bond motifs is 3. The number of carbonyl (C=O) groups is 2. The number of carbonyl (C=O) groups excluding carboxylic acids is 1. The van der Waals surface area contributed by atoms with Gasteiger partial charge in [0.05, 0.1) is 6.54 Å². The fraction of sp³-hybridized carbons (Fsp3) is 0.364. The average molecular weight is 392 g/mol. The summed E-state index contributed by atoms with van der Waals surface area (Å²) in [6.07, 6.45) is 7.84. The highest BCUT2D eigenvalue weighted by atomic mass is 16.4. The van der Waals surface area contributed by atoms with Gasteiger partial charge in [0.1, 0.15) is 5.65 Å². The molecule has 7 heteroatoms. The van der Waals surface area contributed by atoms with Gasteiger partial charge in [-0.25, -0.2) is 4.98 Å². The molecular weight excluding hydrogens is 368 g/mol. The Kier molecular flexibility index (Phi) is 5.55. The van der Waals surface area contributed by atoms with Crippen molar-refractivity contribution in [2.75, 3.05) is 6.54 Å². The SMILES string of the molecule is O=C(O)CCCCC(=O)N1CCc2c(n(Cc3ccncc3)c3ncccc23)C1. The van der Waals surface area contributed by atoms with Crippen LogP contribution in [0, 0.1) is 0 Å². The number of carboxylic acids is 1. The molecule has 0 bridgehead atoms. The van der Waals surface area contributed by atoms with Gasteiger partial charge in [0.2, 0.25) is 5.91 Å². The number of aliphatic carboxylic acids is 1. The zero-order valence-corrected chi connectivity index (χ0v) is 16.3. The molecule has 150 valence electrons. The van der Waals surface area contributed by atoms with Gasteiger partial charge in [-0.05, 0) is 54.7 Å². The number of rotatable bonds is 7. The molecule has 3 aromatic heterocycles. The maximum atomic E-state index is 12.7. The summed E-state index contributed by atoms with van der Waals surface area (Å²) in [6, 6.07) is 8.05. The van der Waals surface area contributed by atoms with E-state index in [2.05, 4.69) is 20.6 Å².